The number of halogens is 3. The molecule has 1 N–H and O–H groups in total. The summed E-state index contributed by atoms with van der Waals surface area (Å²) in [6.45, 7) is 2.77. The molecule has 0 saturated heterocycles. The van der Waals surface area contributed by atoms with Gasteiger partial charge in [-0.1, -0.05) is 47.5 Å². The van der Waals surface area contributed by atoms with Crippen LogP contribution in [0.15, 0.2) is 55.1 Å². The van der Waals surface area contributed by atoms with Crippen LogP contribution in [-0.4, -0.2) is 14.8 Å². The summed E-state index contributed by atoms with van der Waals surface area (Å²) < 4.78 is 1.73. The van der Waals surface area contributed by atoms with E-state index in [-0.39, 0.29) is 18.4 Å². The maximum Gasteiger partial charge on any atom is 0.138 e. The van der Waals surface area contributed by atoms with Crippen LogP contribution in [0.5, 0.6) is 0 Å². The van der Waals surface area contributed by atoms with Gasteiger partial charge in [-0.15, -0.1) is 12.4 Å². The van der Waals surface area contributed by atoms with Gasteiger partial charge in [0.1, 0.15) is 12.7 Å². The highest BCUT2D eigenvalue weighted by Crippen LogP contribution is 2.26. The van der Waals surface area contributed by atoms with Crippen LogP contribution in [0, 0.1) is 0 Å². The number of aromatic nitrogens is 3. The second-order valence-electron chi connectivity index (χ2n) is 5.25. The van der Waals surface area contributed by atoms with Crippen LogP contribution in [0.1, 0.15) is 24.1 Å². The summed E-state index contributed by atoms with van der Waals surface area (Å²) in [6.07, 6.45) is 3.20. The zero-order valence-electron chi connectivity index (χ0n) is 13.0. The van der Waals surface area contributed by atoms with Crippen LogP contribution >= 0.6 is 35.6 Å². The smallest absolute Gasteiger partial charge is 0.138 e. The first-order valence-electron chi connectivity index (χ1n) is 7.26. The fourth-order valence-corrected chi connectivity index (χ4v) is 2.71. The predicted octanol–water partition coefficient (Wildman–Crippen LogP) is 4.85. The molecule has 0 radical (unpaired) electrons. The Morgan fingerprint density at radius 2 is 1.88 bits per heavy atom. The Bertz CT molecular complexity index is 773. The van der Waals surface area contributed by atoms with Gasteiger partial charge in [-0.05, 0) is 36.2 Å². The van der Waals surface area contributed by atoms with E-state index in [1.54, 1.807) is 17.1 Å². The van der Waals surface area contributed by atoms with Crippen molar-refractivity contribution >= 4 is 35.6 Å². The van der Waals surface area contributed by atoms with Gasteiger partial charge >= 0.3 is 0 Å². The molecular weight excluding hydrogens is 367 g/mol. The third kappa shape index (κ3) is 4.28. The van der Waals surface area contributed by atoms with Crippen LogP contribution in [0.2, 0.25) is 10.0 Å². The van der Waals surface area contributed by atoms with Gasteiger partial charge in [0, 0.05) is 12.6 Å². The number of benzene rings is 2. The molecule has 4 nitrogen and oxygen atoms in total. The van der Waals surface area contributed by atoms with E-state index in [1.807, 2.05) is 24.3 Å². The average Bonchev–Trinajstić information content (AvgIpc) is 3.10. The van der Waals surface area contributed by atoms with E-state index in [1.165, 1.54) is 11.9 Å². The second kappa shape index (κ2) is 8.49. The molecule has 3 rings (SSSR count). The Kier molecular flexibility index (Phi) is 6.63. The molecule has 1 aromatic heterocycles. The van der Waals surface area contributed by atoms with Crippen LogP contribution < -0.4 is 5.32 Å². The molecule has 126 valence electrons. The molecule has 0 fully saturated rings. The van der Waals surface area contributed by atoms with Gasteiger partial charge in [0.25, 0.3) is 0 Å². The highest BCUT2D eigenvalue weighted by atomic mass is 35.5. The number of hydrogen-bond acceptors (Lipinski definition) is 3. The lowest BCUT2D eigenvalue weighted by atomic mass is 10.1. The fraction of sp³-hybridized carbons (Fsp3) is 0.176. The molecule has 2 aromatic carbocycles. The molecule has 1 atom stereocenters. The van der Waals surface area contributed by atoms with Crippen LogP contribution in [-0.2, 0) is 6.54 Å². The summed E-state index contributed by atoms with van der Waals surface area (Å²) in [4.78, 5) is 3.95. The van der Waals surface area contributed by atoms with Crippen molar-refractivity contribution in [2.75, 3.05) is 0 Å². The lowest BCUT2D eigenvalue weighted by Crippen LogP contribution is -2.18. The lowest BCUT2D eigenvalue weighted by Gasteiger charge is -2.16. The molecule has 0 aliphatic heterocycles. The normalized spacial score (nSPS) is 11.8. The minimum Gasteiger partial charge on any atom is -0.306 e. The quantitative estimate of drug-likeness (QED) is 0.685. The highest BCUT2D eigenvalue weighted by molar-refractivity contribution is 6.42. The maximum atomic E-state index is 6.21. The van der Waals surface area contributed by atoms with Gasteiger partial charge in [0.05, 0.1) is 15.7 Å². The van der Waals surface area contributed by atoms with Crippen molar-refractivity contribution in [1.29, 1.82) is 0 Å². The van der Waals surface area contributed by atoms with Crippen LogP contribution in [0.25, 0.3) is 5.69 Å². The van der Waals surface area contributed by atoms with E-state index < -0.39 is 0 Å². The van der Waals surface area contributed by atoms with E-state index in [9.17, 15) is 0 Å². The van der Waals surface area contributed by atoms with Crippen molar-refractivity contribution in [3.05, 3.63) is 76.3 Å². The summed E-state index contributed by atoms with van der Waals surface area (Å²) >= 11 is 12.3. The van der Waals surface area contributed by atoms with E-state index >= 15 is 0 Å². The van der Waals surface area contributed by atoms with Gasteiger partial charge in [-0.3, -0.25) is 0 Å². The number of hydrogen-bond donors (Lipinski definition) is 1. The van der Waals surface area contributed by atoms with E-state index in [0.29, 0.717) is 16.6 Å². The van der Waals surface area contributed by atoms with Crippen molar-refractivity contribution in [3.8, 4) is 5.69 Å². The lowest BCUT2D eigenvalue weighted by molar-refractivity contribution is 0.574. The number of nitrogens with zero attached hydrogens (tertiary/aromatic N) is 3. The molecular formula is C17H17Cl3N4. The molecule has 0 saturated carbocycles. The van der Waals surface area contributed by atoms with Gasteiger partial charge in [0.15, 0.2) is 0 Å². The zero-order chi connectivity index (χ0) is 16.2. The highest BCUT2D eigenvalue weighted by Gasteiger charge is 2.08. The SMILES string of the molecule is CC(NCc1cccc(Cl)c1Cl)c1ccc(-n2cncn2)cc1.Cl. The Morgan fingerprint density at radius 1 is 1.12 bits per heavy atom. The first kappa shape index (κ1) is 18.7. The van der Waals surface area contributed by atoms with Crippen LogP contribution in [0.4, 0.5) is 0 Å². The van der Waals surface area contributed by atoms with Crippen LogP contribution in [0.3, 0.4) is 0 Å². The topological polar surface area (TPSA) is 42.7 Å². The second-order valence-corrected chi connectivity index (χ2v) is 6.03. The molecule has 1 heterocycles. The minimum absolute atomic E-state index is 0. The van der Waals surface area contributed by atoms with Gasteiger partial charge in [0.2, 0.25) is 0 Å². The zero-order valence-corrected chi connectivity index (χ0v) is 15.3. The fourth-order valence-electron chi connectivity index (χ4n) is 2.32. The Hall–Kier alpha value is -1.59. The largest absolute Gasteiger partial charge is 0.306 e. The molecule has 3 aromatic rings. The average molecular weight is 384 g/mol. The third-order valence-corrected chi connectivity index (χ3v) is 4.56. The molecule has 24 heavy (non-hydrogen) atoms. The third-order valence-electron chi connectivity index (χ3n) is 3.71. The molecule has 0 spiro atoms. The maximum absolute atomic E-state index is 6.21. The Labute approximate surface area is 157 Å². The molecule has 0 aliphatic carbocycles. The van der Waals surface area contributed by atoms with Gasteiger partial charge in [-0.2, -0.15) is 5.10 Å². The molecule has 1 unspecified atom stereocenters. The first-order valence-corrected chi connectivity index (χ1v) is 8.02. The van der Waals surface area contributed by atoms with E-state index in [2.05, 4.69) is 34.5 Å². The van der Waals surface area contributed by atoms with E-state index in [0.717, 1.165) is 11.3 Å². The Balaban J connectivity index is 0.00000208. The first-order chi connectivity index (χ1) is 11.1. The molecule has 0 amide bonds. The van der Waals surface area contributed by atoms with Crippen molar-refractivity contribution in [1.82, 2.24) is 20.1 Å². The number of rotatable bonds is 5. The van der Waals surface area contributed by atoms with E-state index in [4.69, 9.17) is 23.2 Å². The van der Waals surface area contributed by atoms with Gasteiger partial charge < -0.3 is 5.32 Å². The summed E-state index contributed by atoms with van der Waals surface area (Å²) in [5, 5.41) is 8.76. The van der Waals surface area contributed by atoms with Crippen molar-refractivity contribution < 1.29 is 0 Å². The summed E-state index contributed by atoms with van der Waals surface area (Å²) in [7, 11) is 0. The monoisotopic (exact) mass is 382 g/mol. The summed E-state index contributed by atoms with van der Waals surface area (Å²) in [5.74, 6) is 0. The minimum atomic E-state index is 0. The predicted molar refractivity (Wildman–Crippen MR) is 100 cm³/mol. The van der Waals surface area contributed by atoms with Crippen molar-refractivity contribution in [3.63, 3.8) is 0 Å². The van der Waals surface area contributed by atoms with Crippen molar-refractivity contribution in [2.24, 2.45) is 0 Å². The molecule has 0 aliphatic rings. The Morgan fingerprint density at radius 3 is 2.54 bits per heavy atom. The molecule has 0 bridgehead atoms. The summed E-state index contributed by atoms with van der Waals surface area (Å²) in [5.41, 5.74) is 3.16. The van der Waals surface area contributed by atoms with Gasteiger partial charge in [-0.25, -0.2) is 9.67 Å². The molecule has 7 heteroatoms. The van der Waals surface area contributed by atoms with Crippen molar-refractivity contribution in [2.45, 2.75) is 19.5 Å². The number of nitrogens with one attached hydrogen (secondary N) is 1. The standard InChI is InChI=1S/C17H16Cl2N4.ClH/c1-12(21-9-14-3-2-4-16(18)17(14)19)13-5-7-15(8-6-13)23-11-20-10-22-23;/h2-8,10-12,21H,9H2,1H3;1H. The summed E-state index contributed by atoms with van der Waals surface area (Å²) in [6, 6.07) is 14.1.